The molecule has 0 unspecified atom stereocenters. The molecule has 23 heavy (non-hydrogen) atoms. The number of ether oxygens (including phenoxy) is 1. The van der Waals surface area contributed by atoms with Gasteiger partial charge < -0.3 is 15.4 Å². The maximum Gasteiger partial charge on any atom is 0.358 e. The first-order valence-electron chi connectivity index (χ1n) is 6.61. The molecule has 0 saturated heterocycles. The number of rotatable bonds is 7. The number of hydrogen-bond donors (Lipinski definition) is 2. The van der Waals surface area contributed by atoms with Crippen LogP contribution in [0.5, 0.6) is 0 Å². The highest BCUT2D eigenvalue weighted by atomic mass is 32.1. The quantitative estimate of drug-likeness (QED) is 0.601. The number of thiazole rings is 1. The predicted molar refractivity (Wildman–Crippen MR) is 86.1 cm³/mol. The smallest absolute Gasteiger partial charge is 0.358 e. The molecule has 6 nitrogen and oxygen atoms in total. The van der Waals surface area contributed by atoms with E-state index in [1.807, 2.05) is 0 Å². The van der Waals surface area contributed by atoms with Crippen LogP contribution in [0.2, 0.25) is 0 Å². The van der Waals surface area contributed by atoms with Crippen molar-refractivity contribution in [1.29, 1.82) is 0 Å². The fourth-order valence-corrected chi connectivity index (χ4v) is 2.23. The number of hydrogen-bond acceptors (Lipinski definition) is 6. The molecule has 2 N–H and O–H groups in total. The van der Waals surface area contributed by atoms with Gasteiger partial charge in [0.15, 0.2) is 17.4 Å². The minimum absolute atomic E-state index is 0.121. The van der Waals surface area contributed by atoms with Crippen molar-refractivity contribution in [2.45, 2.75) is 0 Å². The molecule has 0 aliphatic heterocycles. The van der Waals surface area contributed by atoms with Gasteiger partial charge in [-0.3, -0.25) is 4.79 Å². The Hall–Kier alpha value is -2.74. The van der Waals surface area contributed by atoms with Crippen LogP contribution in [0.3, 0.4) is 0 Å². The molecule has 1 heterocycles. The summed E-state index contributed by atoms with van der Waals surface area (Å²) < 4.78 is 17.6. The topological polar surface area (TPSA) is 80.3 Å². The molecule has 0 fully saturated rings. The van der Waals surface area contributed by atoms with Gasteiger partial charge in [0.25, 0.3) is 5.91 Å². The van der Waals surface area contributed by atoms with Gasteiger partial charge in [-0.05, 0) is 24.3 Å². The van der Waals surface area contributed by atoms with Crippen LogP contribution in [-0.4, -0.2) is 30.0 Å². The number of aromatic nitrogens is 1. The summed E-state index contributed by atoms with van der Waals surface area (Å²) in [5.74, 6) is -1.62. The van der Waals surface area contributed by atoms with Gasteiger partial charge in [-0.1, -0.05) is 6.08 Å². The van der Waals surface area contributed by atoms with Crippen LogP contribution in [0.1, 0.15) is 10.5 Å². The third kappa shape index (κ3) is 5.19. The monoisotopic (exact) mass is 335 g/mol. The number of esters is 1. The Morgan fingerprint density at radius 1 is 1.35 bits per heavy atom. The van der Waals surface area contributed by atoms with E-state index in [4.69, 9.17) is 4.74 Å². The van der Waals surface area contributed by atoms with Crippen molar-refractivity contribution in [3.8, 4) is 0 Å². The average molecular weight is 335 g/mol. The van der Waals surface area contributed by atoms with E-state index in [2.05, 4.69) is 22.2 Å². The van der Waals surface area contributed by atoms with Gasteiger partial charge >= 0.3 is 5.97 Å². The van der Waals surface area contributed by atoms with Gasteiger partial charge in [-0.2, -0.15) is 0 Å². The second-order valence-corrected chi connectivity index (χ2v) is 5.20. The Labute approximate surface area is 136 Å². The Kier molecular flexibility index (Phi) is 5.81. The Bertz CT molecular complexity index is 700. The molecule has 1 aromatic carbocycles. The van der Waals surface area contributed by atoms with Crippen LogP contribution in [0.4, 0.5) is 15.2 Å². The van der Waals surface area contributed by atoms with Crippen LogP contribution in [-0.2, 0) is 9.53 Å². The molecule has 8 heteroatoms. The maximum atomic E-state index is 12.7. The van der Waals surface area contributed by atoms with Crippen molar-refractivity contribution < 1.29 is 18.7 Å². The first-order valence-corrected chi connectivity index (χ1v) is 7.49. The highest BCUT2D eigenvalue weighted by Crippen LogP contribution is 2.15. The highest BCUT2D eigenvalue weighted by Gasteiger charge is 2.14. The number of anilines is 2. The minimum Gasteiger partial charge on any atom is -0.451 e. The van der Waals surface area contributed by atoms with Crippen LogP contribution < -0.4 is 10.6 Å². The van der Waals surface area contributed by atoms with E-state index in [0.29, 0.717) is 17.4 Å². The molecule has 0 radical (unpaired) electrons. The van der Waals surface area contributed by atoms with Crippen molar-refractivity contribution >= 4 is 34.0 Å². The highest BCUT2D eigenvalue weighted by molar-refractivity contribution is 7.13. The fourth-order valence-electron chi connectivity index (χ4n) is 1.54. The Balaban J connectivity index is 1.81. The Morgan fingerprint density at radius 3 is 2.78 bits per heavy atom. The molecule has 0 atom stereocenters. The zero-order valence-electron chi connectivity index (χ0n) is 12.0. The van der Waals surface area contributed by atoms with Crippen LogP contribution in [0.15, 0.2) is 42.3 Å². The molecule has 0 spiro atoms. The van der Waals surface area contributed by atoms with Gasteiger partial charge in [0.1, 0.15) is 5.82 Å². The lowest BCUT2D eigenvalue weighted by Crippen LogP contribution is -2.21. The lowest BCUT2D eigenvalue weighted by atomic mass is 10.3. The zero-order valence-corrected chi connectivity index (χ0v) is 12.9. The number of halogens is 1. The van der Waals surface area contributed by atoms with Crippen LogP contribution in [0.25, 0.3) is 0 Å². The summed E-state index contributed by atoms with van der Waals surface area (Å²) in [5.41, 5.74) is 0.535. The van der Waals surface area contributed by atoms with E-state index >= 15 is 0 Å². The van der Waals surface area contributed by atoms with Crippen molar-refractivity contribution in [2.24, 2.45) is 0 Å². The summed E-state index contributed by atoms with van der Waals surface area (Å²) in [6, 6.07) is 5.25. The van der Waals surface area contributed by atoms with E-state index < -0.39 is 24.3 Å². The van der Waals surface area contributed by atoms with Gasteiger partial charge in [-0.15, -0.1) is 17.9 Å². The van der Waals surface area contributed by atoms with E-state index in [1.165, 1.54) is 41.0 Å². The normalized spacial score (nSPS) is 9.96. The summed E-state index contributed by atoms with van der Waals surface area (Å²) in [6.45, 7) is 3.64. The summed E-state index contributed by atoms with van der Waals surface area (Å²) in [6.07, 6.45) is 1.67. The molecule has 0 aliphatic rings. The van der Waals surface area contributed by atoms with Crippen molar-refractivity contribution in [2.75, 3.05) is 23.8 Å². The largest absolute Gasteiger partial charge is 0.451 e. The molecule has 120 valence electrons. The van der Waals surface area contributed by atoms with Gasteiger partial charge in [0.05, 0.1) is 0 Å². The number of nitrogens with one attached hydrogen (secondary N) is 2. The summed E-state index contributed by atoms with van der Waals surface area (Å²) in [5, 5.41) is 7.52. The van der Waals surface area contributed by atoms with Crippen molar-refractivity contribution in [3.05, 3.63) is 53.8 Å². The standard InChI is InChI=1S/C15H14FN3O3S/c1-2-7-17-15-19-12(9-23-15)14(21)22-8-13(20)18-11-5-3-10(16)4-6-11/h2-6,9H,1,7-8H2,(H,17,19)(H,18,20). The van der Waals surface area contributed by atoms with Crippen molar-refractivity contribution in [3.63, 3.8) is 0 Å². The molecular weight excluding hydrogens is 321 g/mol. The number of amides is 1. The molecule has 2 aromatic rings. The van der Waals surface area contributed by atoms with Gasteiger partial charge in [0, 0.05) is 17.6 Å². The fraction of sp³-hybridized carbons (Fsp3) is 0.133. The van der Waals surface area contributed by atoms with E-state index in [9.17, 15) is 14.0 Å². The number of carbonyl (C=O) groups is 2. The summed E-state index contributed by atoms with van der Waals surface area (Å²) in [7, 11) is 0. The van der Waals surface area contributed by atoms with E-state index in [0.717, 1.165) is 0 Å². The molecule has 0 aliphatic carbocycles. The van der Waals surface area contributed by atoms with E-state index in [-0.39, 0.29) is 5.69 Å². The third-order valence-electron chi connectivity index (χ3n) is 2.57. The number of carbonyl (C=O) groups excluding carboxylic acids is 2. The maximum absolute atomic E-state index is 12.7. The second kappa shape index (κ2) is 8.04. The van der Waals surface area contributed by atoms with E-state index in [1.54, 1.807) is 6.08 Å². The average Bonchev–Trinajstić information content (AvgIpc) is 3.02. The minimum atomic E-state index is -0.692. The lowest BCUT2D eigenvalue weighted by Gasteiger charge is -2.05. The van der Waals surface area contributed by atoms with Gasteiger partial charge in [0.2, 0.25) is 0 Å². The Morgan fingerprint density at radius 2 is 2.09 bits per heavy atom. The number of benzene rings is 1. The first kappa shape index (κ1) is 16.6. The zero-order chi connectivity index (χ0) is 16.7. The summed E-state index contributed by atoms with van der Waals surface area (Å²) >= 11 is 1.25. The molecule has 0 saturated carbocycles. The van der Waals surface area contributed by atoms with Gasteiger partial charge in [-0.25, -0.2) is 14.2 Å². The van der Waals surface area contributed by atoms with Crippen LogP contribution >= 0.6 is 11.3 Å². The SMILES string of the molecule is C=CCNc1nc(C(=O)OCC(=O)Nc2ccc(F)cc2)cs1. The molecule has 0 bridgehead atoms. The number of nitrogens with zero attached hydrogens (tertiary/aromatic N) is 1. The lowest BCUT2D eigenvalue weighted by molar-refractivity contribution is -0.119. The molecule has 1 amide bonds. The third-order valence-corrected chi connectivity index (χ3v) is 3.37. The second-order valence-electron chi connectivity index (χ2n) is 4.34. The molecule has 2 rings (SSSR count). The summed E-state index contributed by atoms with van der Waals surface area (Å²) in [4.78, 5) is 27.5. The van der Waals surface area contributed by atoms with Crippen molar-refractivity contribution in [1.82, 2.24) is 4.98 Å². The van der Waals surface area contributed by atoms with Crippen LogP contribution in [0, 0.1) is 5.82 Å². The first-order chi connectivity index (χ1) is 11.1. The predicted octanol–water partition coefficient (Wildman–Crippen LogP) is 2.68. The molecular formula is C15H14FN3O3S. The molecule has 1 aromatic heterocycles.